The standard InChI is InChI=1S/C24H29FN4O4/c1-6-33-20(24(32)29(4)5)9-10-26-23(31)21-13(2)19(27-14(21)3)12-17-16-11-15(25)7-8-18(16)28-22(17)30/h7-8,11-12,20,27H,6,9-10H2,1-5H3,(H,26,31)(H,28,30)/b17-12-. The molecule has 9 heteroatoms. The molecule has 0 bridgehead atoms. The third-order valence-corrected chi connectivity index (χ3v) is 5.53. The van der Waals surface area contributed by atoms with Gasteiger partial charge in [0.1, 0.15) is 11.9 Å². The Kier molecular flexibility index (Phi) is 7.33. The van der Waals surface area contributed by atoms with E-state index in [1.807, 2.05) is 6.92 Å². The van der Waals surface area contributed by atoms with Crippen LogP contribution in [0.5, 0.6) is 0 Å². The molecule has 3 N–H and O–H groups in total. The van der Waals surface area contributed by atoms with Crippen LogP contribution in [0.25, 0.3) is 11.6 Å². The van der Waals surface area contributed by atoms with Crippen molar-refractivity contribution in [2.45, 2.75) is 33.3 Å². The zero-order valence-corrected chi connectivity index (χ0v) is 19.5. The van der Waals surface area contributed by atoms with E-state index in [1.165, 1.54) is 23.1 Å². The van der Waals surface area contributed by atoms with E-state index >= 15 is 0 Å². The minimum absolute atomic E-state index is 0.152. The molecule has 1 aromatic heterocycles. The third kappa shape index (κ3) is 5.14. The molecule has 0 spiro atoms. The first kappa shape index (κ1) is 24.2. The number of nitrogens with zero attached hydrogens (tertiary/aromatic N) is 1. The first-order valence-electron chi connectivity index (χ1n) is 10.8. The van der Waals surface area contributed by atoms with Crippen LogP contribution >= 0.6 is 0 Å². The molecule has 1 aromatic carbocycles. The average Bonchev–Trinajstić information content (AvgIpc) is 3.21. The molecule has 3 rings (SSSR count). The Balaban J connectivity index is 1.77. The number of aromatic amines is 1. The lowest BCUT2D eigenvalue weighted by Gasteiger charge is -2.20. The van der Waals surface area contributed by atoms with Crippen LogP contribution < -0.4 is 10.6 Å². The van der Waals surface area contributed by atoms with Gasteiger partial charge in [0.2, 0.25) is 0 Å². The number of halogens is 1. The Hall–Kier alpha value is -3.46. The van der Waals surface area contributed by atoms with E-state index in [-0.39, 0.29) is 24.3 Å². The maximum Gasteiger partial charge on any atom is 0.256 e. The average molecular weight is 457 g/mol. The molecule has 0 saturated carbocycles. The fourth-order valence-electron chi connectivity index (χ4n) is 3.88. The van der Waals surface area contributed by atoms with E-state index in [4.69, 9.17) is 4.74 Å². The summed E-state index contributed by atoms with van der Waals surface area (Å²) >= 11 is 0. The molecule has 0 saturated heterocycles. The van der Waals surface area contributed by atoms with Crippen molar-refractivity contribution in [2.75, 3.05) is 32.6 Å². The summed E-state index contributed by atoms with van der Waals surface area (Å²) < 4.78 is 19.2. The summed E-state index contributed by atoms with van der Waals surface area (Å²) in [6, 6.07) is 4.12. The number of amides is 3. The minimum atomic E-state index is -0.625. The molecule has 0 radical (unpaired) electrons. The van der Waals surface area contributed by atoms with Crippen molar-refractivity contribution in [3.8, 4) is 0 Å². The third-order valence-electron chi connectivity index (χ3n) is 5.53. The van der Waals surface area contributed by atoms with Crippen molar-refractivity contribution in [1.82, 2.24) is 15.2 Å². The first-order chi connectivity index (χ1) is 15.6. The topological polar surface area (TPSA) is 104 Å². The van der Waals surface area contributed by atoms with Gasteiger partial charge in [0.15, 0.2) is 0 Å². The summed E-state index contributed by atoms with van der Waals surface area (Å²) in [5.41, 5.74) is 3.71. The number of anilines is 1. The number of H-pyrrole nitrogens is 1. The van der Waals surface area contributed by atoms with Gasteiger partial charge in [0.25, 0.3) is 17.7 Å². The van der Waals surface area contributed by atoms with Crippen LogP contribution in [-0.4, -0.2) is 61.0 Å². The summed E-state index contributed by atoms with van der Waals surface area (Å²) in [5.74, 6) is -1.21. The highest BCUT2D eigenvalue weighted by molar-refractivity contribution is 6.34. The van der Waals surface area contributed by atoms with Gasteiger partial charge in [-0.15, -0.1) is 0 Å². The van der Waals surface area contributed by atoms with Gasteiger partial charge in [-0.25, -0.2) is 4.39 Å². The SMILES string of the molecule is CCOC(CCNC(=O)c1c(C)[nH]c(/C=C2\C(=O)Nc3ccc(F)cc32)c1C)C(=O)N(C)C. The number of ether oxygens (including phenoxy) is 1. The van der Waals surface area contributed by atoms with Crippen molar-refractivity contribution in [3.05, 3.63) is 52.1 Å². The van der Waals surface area contributed by atoms with Gasteiger partial charge in [-0.1, -0.05) is 0 Å². The molecule has 2 heterocycles. The molecule has 1 unspecified atom stereocenters. The smallest absolute Gasteiger partial charge is 0.256 e. The number of hydrogen-bond acceptors (Lipinski definition) is 4. The van der Waals surface area contributed by atoms with Crippen LogP contribution in [0.15, 0.2) is 18.2 Å². The quantitative estimate of drug-likeness (QED) is 0.532. The van der Waals surface area contributed by atoms with Gasteiger partial charge in [-0.05, 0) is 57.0 Å². The van der Waals surface area contributed by atoms with E-state index in [2.05, 4.69) is 15.6 Å². The normalized spacial score (nSPS) is 14.7. The molecule has 1 aliphatic rings. The van der Waals surface area contributed by atoms with Gasteiger partial charge in [0.05, 0.1) is 11.1 Å². The van der Waals surface area contributed by atoms with Crippen LogP contribution in [0, 0.1) is 19.7 Å². The zero-order valence-electron chi connectivity index (χ0n) is 19.5. The number of rotatable bonds is 8. The van der Waals surface area contributed by atoms with E-state index in [9.17, 15) is 18.8 Å². The van der Waals surface area contributed by atoms with Crippen LogP contribution in [-0.2, 0) is 14.3 Å². The van der Waals surface area contributed by atoms with Crippen LogP contribution in [0.2, 0.25) is 0 Å². The number of fused-ring (bicyclic) bond motifs is 1. The van der Waals surface area contributed by atoms with E-state index < -0.39 is 11.9 Å². The predicted molar refractivity (Wildman–Crippen MR) is 124 cm³/mol. The Morgan fingerprint density at radius 2 is 2.00 bits per heavy atom. The lowest BCUT2D eigenvalue weighted by molar-refractivity contribution is -0.141. The first-order valence-corrected chi connectivity index (χ1v) is 10.8. The summed E-state index contributed by atoms with van der Waals surface area (Å²) in [5, 5.41) is 5.56. The Morgan fingerprint density at radius 3 is 2.67 bits per heavy atom. The zero-order chi connectivity index (χ0) is 24.3. The predicted octanol–water partition coefficient (Wildman–Crippen LogP) is 2.88. The van der Waals surface area contributed by atoms with Gasteiger partial charge in [-0.2, -0.15) is 0 Å². The molecule has 0 fully saturated rings. The second-order valence-corrected chi connectivity index (χ2v) is 8.09. The maximum absolute atomic E-state index is 13.7. The Labute approximate surface area is 192 Å². The number of aromatic nitrogens is 1. The number of carbonyl (C=O) groups excluding carboxylic acids is 3. The molecule has 2 aromatic rings. The number of aryl methyl sites for hydroxylation is 1. The van der Waals surface area contributed by atoms with Crippen molar-refractivity contribution >= 4 is 35.1 Å². The molecule has 8 nitrogen and oxygen atoms in total. The van der Waals surface area contributed by atoms with Gasteiger partial charge in [-0.3, -0.25) is 14.4 Å². The molecule has 3 amide bonds. The van der Waals surface area contributed by atoms with Crippen LogP contribution in [0.1, 0.15) is 46.2 Å². The second-order valence-electron chi connectivity index (χ2n) is 8.09. The summed E-state index contributed by atoms with van der Waals surface area (Å²) in [6.45, 7) is 6.02. The molecule has 176 valence electrons. The Morgan fingerprint density at radius 1 is 1.27 bits per heavy atom. The van der Waals surface area contributed by atoms with Crippen LogP contribution in [0.3, 0.4) is 0 Å². The number of nitrogens with one attached hydrogen (secondary N) is 3. The maximum atomic E-state index is 13.7. The summed E-state index contributed by atoms with van der Waals surface area (Å²) in [4.78, 5) is 42.1. The van der Waals surface area contributed by atoms with Crippen molar-refractivity contribution in [2.24, 2.45) is 0 Å². The van der Waals surface area contributed by atoms with E-state index in [0.717, 1.165) is 0 Å². The highest BCUT2D eigenvalue weighted by Crippen LogP contribution is 2.34. The fourth-order valence-corrected chi connectivity index (χ4v) is 3.88. The lowest BCUT2D eigenvalue weighted by Crippen LogP contribution is -2.38. The molecular formula is C24H29FN4O4. The highest BCUT2D eigenvalue weighted by Gasteiger charge is 2.26. The number of carbonyl (C=O) groups is 3. The number of benzene rings is 1. The van der Waals surface area contributed by atoms with Gasteiger partial charge >= 0.3 is 0 Å². The minimum Gasteiger partial charge on any atom is -0.369 e. The van der Waals surface area contributed by atoms with Gasteiger partial charge < -0.3 is 25.3 Å². The molecular weight excluding hydrogens is 427 g/mol. The van der Waals surface area contributed by atoms with Crippen molar-refractivity contribution in [1.29, 1.82) is 0 Å². The van der Waals surface area contributed by atoms with Crippen LogP contribution in [0.4, 0.5) is 10.1 Å². The molecule has 33 heavy (non-hydrogen) atoms. The van der Waals surface area contributed by atoms with E-state index in [1.54, 1.807) is 34.0 Å². The summed E-state index contributed by atoms with van der Waals surface area (Å²) in [6.07, 6.45) is 1.35. The fraction of sp³-hybridized carbons (Fsp3) is 0.375. The largest absolute Gasteiger partial charge is 0.369 e. The molecule has 1 aliphatic heterocycles. The van der Waals surface area contributed by atoms with Gasteiger partial charge in [0, 0.05) is 49.9 Å². The highest BCUT2D eigenvalue weighted by atomic mass is 19.1. The summed E-state index contributed by atoms with van der Waals surface area (Å²) in [7, 11) is 3.32. The molecule has 0 aliphatic carbocycles. The van der Waals surface area contributed by atoms with Crippen molar-refractivity contribution in [3.63, 3.8) is 0 Å². The van der Waals surface area contributed by atoms with E-state index in [0.29, 0.717) is 52.4 Å². The number of hydrogen-bond donors (Lipinski definition) is 3. The lowest BCUT2D eigenvalue weighted by atomic mass is 10.0. The number of likely N-dealkylation sites (N-methyl/N-ethyl adjacent to an activating group) is 1. The molecule has 1 atom stereocenters. The monoisotopic (exact) mass is 456 g/mol. The second kappa shape index (κ2) is 9.99. The Bertz CT molecular complexity index is 1120. The van der Waals surface area contributed by atoms with Crippen molar-refractivity contribution < 1.29 is 23.5 Å².